The van der Waals surface area contributed by atoms with E-state index in [-0.39, 0.29) is 0 Å². The standard InChI is InChI=1S/C20H26N2/c1-13-11-15(3)20(16(4)12-13)22(7)18(6)21-19-10-8-9-14(2)17(19)5/h8-12H,1-7H3. The van der Waals surface area contributed by atoms with Crippen LogP contribution in [-0.2, 0) is 0 Å². The molecule has 2 rings (SSSR count). The number of rotatable bonds is 2. The first-order valence-electron chi connectivity index (χ1n) is 7.74. The van der Waals surface area contributed by atoms with Crippen LogP contribution in [0.1, 0.15) is 34.7 Å². The van der Waals surface area contributed by atoms with Gasteiger partial charge in [0.25, 0.3) is 0 Å². The lowest BCUT2D eigenvalue weighted by atomic mass is 10.0. The third-order valence-electron chi connectivity index (χ3n) is 4.31. The van der Waals surface area contributed by atoms with Gasteiger partial charge in [-0.3, -0.25) is 0 Å². The lowest BCUT2D eigenvalue weighted by Crippen LogP contribution is -2.25. The maximum atomic E-state index is 4.84. The van der Waals surface area contributed by atoms with Gasteiger partial charge in [0.15, 0.2) is 0 Å². The Hall–Kier alpha value is -2.09. The highest BCUT2D eigenvalue weighted by Gasteiger charge is 2.11. The zero-order valence-corrected chi connectivity index (χ0v) is 14.8. The van der Waals surface area contributed by atoms with Gasteiger partial charge in [-0.05, 0) is 69.9 Å². The quantitative estimate of drug-likeness (QED) is 0.534. The topological polar surface area (TPSA) is 15.6 Å². The third kappa shape index (κ3) is 3.22. The van der Waals surface area contributed by atoms with Gasteiger partial charge in [-0.2, -0.15) is 0 Å². The van der Waals surface area contributed by atoms with E-state index < -0.39 is 0 Å². The fourth-order valence-corrected chi connectivity index (χ4v) is 2.97. The van der Waals surface area contributed by atoms with Crippen LogP contribution in [0.3, 0.4) is 0 Å². The number of benzene rings is 2. The highest BCUT2D eigenvalue weighted by atomic mass is 15.2. The van der Waals surface area contributed by atoms with Crippen molar-refractivity contribution in [2.45, 2.75) is 41.5 Å². The molecule has 0 atom stereocenters. The Labute approximate surface area is 134 Å². The third-order valence-corrected chi connectivity index (χ3v) is 4.31. The molecule has 2 aromatic carbocycles. The highest BCUT2D eigenvalue weighted by molar-refractivity contribution is 5.98. The van der Waals surface area contributed by atoms with Crippen molar-refractivity contribution in [1.82, 2.24) is 0 Å². The fourth-order valence-electron chi connectivity index (χ4n) is 2.97. The Balaban J connectivity index is 2.43. The Morgan fingerprint density at radius 2 is 1.50 bits per heavy atom. The largest absolute Gasteiger partial charge is 0.333 e. The minimum absolute atomic E-state index is 1.00. The van der Waals surface area contributed by atoms with Gasteiger partial charge in [0.2, 0.25) is 0 Å². The summed E-state index contributed by atoms with van der Waals surface area (Å²) in [6.45, 7) is 12.8. The number of amidine groups is 1. The van der Waals surface area contributed by atoms with Gasteiger partial charge >= 0.3 is 0 Å². The van der Waals surface area contributed by atoms with Crippen molar-refractivity contribution in [2.75, 3.05) is 11.9 Å². The van der Waals surface area contributed by atoms with Gasteiger partial charge in [-0.1, -0.05) is 29.8 Å². The Morgan fingerprint density at radius 1 is 0.909 bits per heavy atom. The molecule has 0 aliphatic carbocycles. The normalized spacial score (nSPS) is 11.7. The second kappa shape index (κ2) is 6.35. The van der Waals surface area contributed by atoms with E-state index in [1.54, 1.807) is 0 Å². The Bertz CT molecular complexity index is 703. The molecule has 0 radical (unpaired) electrons. The van der Waals surface area contributed by atoms with Crippen LogP contribution >= 0.6 is 0 Å². The number of nitrogens with zero attached hydrogens (tertiary/aromatic N) is 2. The molecule has 0 bridgehead atoms. The summed E-state index contributed by atoms with van der Waals surface area (Å²) in [5.41, 5.74) is 8.69. The van der Waals surface area contributed by atoms with E-state index in [2.05, 4.69) is 83.8 Å². The molecule has 0 saturated heterocycles. The molecule has 0 aromatic heterocycles. The SMILES string of the molecule is CC(=Nc1cccc(C)c1C)N(C)c1c(C)cc(C)cc1C. The average molecular weight is 294 g/mol. The lowest BCUT2D eigenvalue weighted by Gasteiger charge is -2.24. The van der Waals surface area contributed by atoms with Crippen LogP contribution in [0.2, 0.25) is 0 Å². The molecule has 0 N–H and O–H groups in total. The van der Waals surface area contributed by atoms with Crippen LogP contribution in [0.25, 0.3) is 0 Å². The maximum Gasteiger partial charge on any atom is 0.106 e. The summed E-state index contributed by atoms with van der Waals surface area (Å²) in [7, 11) is 2.09. The molecule has 0 unspecified atom stereocenters. The first-order valence-corrected chi connectivity index (χ1v) is 7.74. The van der Waals surface area contributed by atoms with E-state index in [9.17, 15) is 0 Å². The van der Waals surface area contributed by atoms with E-state index in [1.165, 1.54) is 33.5 Å². The van der Waals surface area contributed by atoms with Gasteiger partial charge in [0.1, 0.15) is 5.84 Å². The van der Waals surface area contributed by atoms with Crippen molar-refractivity contribution in [3.63, 3.8) is 0 Å². The molecule has 2 heteroatoms. The predicted octanol–water partition coefficient (Wildman–Crippen LogP) is 5.42. The smallest absolute Gasteiger partial charge is 0.106 e. The average Bonchev–Trinajstić information content (AvgIpc) is 2.42. The summed E-state index contributed by atoms with van der Waals surface area (Å²) in [5.74, 6) is 1.00. The summed E-state index contributed by atoms with van der Waals surface area (Å²) in [5, 5.41) is 0. The van der Waals surface area contributed by atoms with Crippen LogP contribution in [0.5, 0.6) is 0 Å². The molecule has 116 valence electrons. The Morgan fingerprint density at radius 3 is 2.09 bits per heavy atom. The van der Waals surface area contributed by atoms with Crippen molar-refractivity contribution in [1.29, 1.82) is 0 Å². The van der Waals surface area contributed by atoms with Crippen LogP contribution in [0, 0.1) is 34.6 Å². The Kier molecular flexibility index (Phi) is 4.70. The van der Waals surface area contributed by atoms with E-state index in [1.807, 2.05) is 0 Å². The van der Waals surface area contributed by atoms with Crippen LogP contribution in [0.15, 0.2) is 35.3 Å². The van der Waals surface area contributed by atoms with Crippen LogP contribution in [0.4, 0.5) is 11.4 Å². The molecular formula is C20H26N2. The molecule has 2 aromatic rings. The minimum Gasteiger partial charge on any atom is -0.333 e. The monoisotopic (exact) mass is 294 g/mol. The highest BCUT2D eigenvalue weighted by Crippen LogP contribution is 2.27. The summed E-state index contributed by atoms with van der Waals surface area (Å²) in [6.07, 6.45) is 0. The van der Waals surface area contributed by atoms with Crippen molar-refractivity contribution in [3.8, 4) is 0 Å². The van der Waals surface area contributed by atoms with E-state index in [0.29, 0.717) is 0 Å². The molecule has 0 heterocycles. The number of hydrogen-bond acceptors (Lipinski definition) is 1. The maximum absolute atomic E-state index is 4.84. The van der Waals surface area contributed by atoms with Gasteiger partial charge in [0.05, 0.1) is 5.69 Å². The summed E-state index contributed by atoms with van der Waals surface area (Å²) < 4.78 is 0. The summed E-state index contributed by atoms with van der Waals surface area (Å²) >= 11 is 0. The predicted molar refractivity (Wildman–Crippen MR) is 97.7 cm³/mol. The number of hydrogen-bond donors (Lipinski definition) is 0. The molecule has 0 saturated carbocycles. The van der Waals surface area contributed by atoms with Crippen molar-refractivity contribution in [3.05, 3.63) is 58.1 Å². The molecule has 0 fully saturated rings. The minimum atomic E-state index is 1.00. The van der Waals surface area contributed by atoms with Crippen LogP contribution in [-0.4, -0.2) is 12.9 Å². The van der Waals surface area contributed by atoms with Crippen molar-refractivity contribution in [2.24, 2.45) is 4.99 Å². The zero-order chi connectivity index (χ0) is 16.4. The second-order valence-corrected chi connectivity index (χ2v) is 6.18. The van der Waals surface area contributed by atoms with Crippen molar-refractivity contribution < 1.29 is 0 Å². The van der Waals surface area contributed by atoms with Gasteiger partial charge < -0.3 is 4.90 Å². The zero-order valence-electron chi connectivity index (χ0n) is 14.8. The fraction of sp³-hybridized carbons (Fsp3) is 0.350. The number of aliphatic imine (C=N–C) groups is 1. The number of aryl methyl sites for hydroxylation is 4. The van der Waals surface area contributed by atoms with Gasteiger partial charge in [0, 0.05) is 12.7 Å². The van der Waals surface area contributed by atoms with Gasteiger partial charge in [-0.15, -0.1) is 0 Å². The molecule has 0 aliphatic rings. The molecular weight excluding hydrogens is 268 g/mol. The second-order valence-electron chi connectivity index (χ2n) is 6.18. The molecule has 0 spiro atoms. The van der Waals surface area contributed by atoms with Gasteiger partial charge in [-0.25, -0.2) is 4.99 Å². The van der Waals surface area contributed by atoms with E-state index in [4.69, 9.17) is 4.99 Å². The first-order chi connectivity index (χ1) is 10.3. The molecule has 0 aliphatic heterocycles. The summed E-state index contributed by atoms with van der Waals surface area (Å²) in [6, 6.07) is 10.7. The van der Waals surface area contributed by atoms with Crippen molar-refractivity contribution >= 4 is 17.2 Å². The molecule has 0 amide bonds. The summed E-state index contributed by atoms with van der Waals surface area (Å²) in [4.78, 5) is 7.03. The van der Waals surface area contributed by atoms with E-state index >= 15 is 0 Å². The molecule has 2 nitrogen and oxygen atoms in total. The molecule has 22 heavy (non-hydrogen) atoms. The lowest BCUT2D eigenvalue weighted by molar-refractivity contribution is 1.17. The number of anilines is 1. The first kappa shape index (κ1) is 16.3. The van der Waals surface area contributed by atoms with E-state index in [0.717, 1.165) is 11.5 Å². The van der Waals surface area contributed by atoms with Crippen LogP contribution < -0.4 is 4.90 Å².